The number of hydrogen-bond donors (Lipinski definition) is 2. The molecule has 1 aliphatic rings. The van der Waals surface area contributed by atoms with Gasteiger partial charge in [0.05, 0.1) is 8.66 Å². The summed E-state index contributed by atoms with van der Waals surface area (Å²) in [6.07, 6.45) is 1.40. The molecule has 0 aromatic carbocycles. The minimum Gasteiger partial charge on any atom is -0.381 e. The normalized spacial score (nSPS) is 16.3. The molecule has 0 saturated carbocycles. The highest BCUT2D eigenvalue weighted by Gasteiger charge is 2.22. The van der Waals surface area contributed by atoms with E-state index in [0.717, 1.165) is 3.79 Å². The van der Waals surface area contributed by atoms with Crippen LogP contribution in [-0.2, 0) is 9.53 Å². The zero-order valence-electron chi connectivity index (χ0n) is 9.57. The van der Waals surface area contributed by atoms with Gasteiger partial charge in [-0.05, 0) is 40.9 Å². The summed E-state index contributed by atoms with van der Waals surface area (Å²) in [4.78, 5) is 24.0. The molecule has 1 aliphatic heterocycles. The first-order chi connectivity index (χ1) is 8.66. The summed E-state index contributed by atoms with van der Waals surface area (Å²) in [5.41, 5.74) is 4.88. The lowest BCUT2D eigenvalue weighted by Crippen LogP contribution is -2.45. The maximum Gasteiger partial charge on any atom is 0.279 e. The number of hydrogen-bond acceptors (Lipinski definition) is 4. The molecule has 1 saturated heterocycles. The van der Waals surface area contributed by atoms with Crippen LogP contribution in [0, 0.1) is 5.92 Å². The fraction of sp³-hybridized carbons (Fsp3) is 0.455. The molecular weight excluding hydrogens is 320 g/mol. The molecule has 0 unspecified atom stereocenters. The number of rotatable bonds is 2. The van der Waals surface area contributed by atoms with Gasteiger partial charge in [-0.3, -0.25) is 20.4 Å². The van der Waals surface area contributed by atoms with E-state index in [4.69, 9.17) is 4.74 Å². The van der Waals surface area contributed by atoms with E-state index >= 15 is 0 Å². The van der Waals surface area contributed by atoms with Gasteiger partial charge in [-0.25, -0.2) is 0 Å². The summed E-state index contributed by atoms with van der Waals surface area (Å²) < 4.78 is 6.05. The van der Waals surface area contributed by atoms with Gasteiger partial charge in [0, 0.05) is 19.1 Å². The second kappa shape index (κ2) is 6.31. The third-order valence-corrected chi connectivity index (χ3v) is 4.31. The van der Waals surface area contributed by atoms with Crippen LogP contribution < -0.4 is 10.9 Å². The lowest BCUT2D eigenvalue weighted by Gasteiger charge is -2.21. The van der Waals surface area contributed by atoms with Gasteiger partial charge in [0.1, 0.15) is 0 Å². The van der Waals surface area contributed by atoms with Crippen molar-refractivity contribution in [2.75, 3.05) is 13.2 Å². The number of amides is 2. The monoisotopic (exact) mass is 332 g/mol. The van der Waals surface area contributed by atoms with Crippen LogP contribution in [0.5, 0.6) is 0 Å². The first-order valence-electron chi connectivity index (χ1n) is 5.60. The van der Waals surface area contributed by atoms with Gasteiger partial charge in [-0.15, -0.1) is 11.3 Å². The fourth-order valence-corrected chi connectivity index (χ4v) is 2.96. The summed E-state index contributed by atoms with van der Waals surface area (Å²) >= 11 is 4.60. The van der Waals surface area contributed by atoms with Gasteiger partial charge in [-0.1, -0.05) is 0 Å². The SMILES string of the molecule is O=C(NNC(=O)C1CCOCC1)c1ccc(Br)s1. The Morgan fingerprint density at radius 1 is 1.28 bits per heavy atom. The number of halogens is 1. The largest absolute Gasteiger partial charge is 0.381 e. The van der Waals surface area contributed by atoms with Crippen molar-refractivity contribution in [3.05, 3.63) is 20.8 Å². The van der Waals surface area contributed by atoms with Gasteiger partial charge in [0.15, 0.2) is 0 Å². The number of carbonyl (C=O) groups is 2. The highest BCUT2D eigenvalue weighted by Crippen LogP contribution is 2.21. The molecule has 7 heteroatoms. The molecule has 2 amide bonds. The molecule has 0 bridgehead atoms. The first kappa shape index (κ1) is 13.5. The molecule has 98 valence electrons. The standard InChI is InChI=1S/C11H13BrN2O3S/c12-9-2-1-8(18-9)11(16)14-13-10(15)7-3-5-17-6-4-7/h1-2,7H,3-6H2,(H,13,15)(H,14,16). The lowest BCUT2D eigenvalue weighted by molar-refractivity contribution is -0.128. The molecule has 2 heterocycles. The molecule has 1 fully saturated rings. The van der Waals surface area contributed by atoms with Gasteiger partial charge in [-0.2, -0.15) is 0 Å². The maximum absolute atomic E-state index is 11.8. The third-order valence-electron chi connectivity index (χ3n) is 2.69. The molecule has 2 N–H and O–H groups in total. The average Bonchev–Trinajstić information content (AvgIpc) is 2.83. The first-order valence-corrected chi connectivity index (χ1v) is 7.21. The smallest absolute Gasteiger partial charge is 0.279 e. The summed E-state index contributed by atoms with van der Waals surface area (Å²) in [6.45, 7) is 1.20. The quantitative estimate of drug-likeness (QED) is 0.810. The predicted molar refractivity (Wildman–Crippen MR) is 71.2 cm³/mol. The van der Waals surface area contributed by atoms with Crippen LogP contribution >= 0.6 is 27.3 Å². The summed E-state index contributed by atoms with van der Waals surface area (Å²) in [5, 5.41) is 0. The molecule has 0 aliphatic carbocycles. The van der Waals surface area contributed by atoms with Crippen LogP contribution in [-0.4, -0.2) is 25.0 Å². The molecule has 18 heavy (non-hydrogen) atoms. The zero-order valence-corrected chi connectivity index (χ0v) is 12.0. The van der Waals surface area contributed by atoms with Crippen molar-refractivity contribution in [2.24, 2.45) is 5.92 Å². The molecule has 0 radical (unpaired) electrons. The third kappa shape index (κ3) is 3.54. The highest BCUT2D eigenvalue weighted by molar-refractivity contribution is 9.11. The Bertz CT molecular complexity index is 443. The van der Waals surface area contributed by atoms with Crippen LogP contribution in [0.15, 0.2) is 15.9 Å². The lowest BCUT2D eigenvalue weighted by atomic mass is 10.00. The number of ether oxygens (including phenoxy) is 1. The van der Waals surface area contributed by atoms with Crippen molar-refractivity contribution in [3.8, 4) is 0 Å². The van der Waals surface area contributed by atoms with E-state index in [9.17, 15) is 9.59 Å². The van der Waals surface area contributed by atoms with Gasteiger partial charge in [0.25, 0.3) is 5.91 Å². The maximum atomic E-state index is 11.8. The van der Waals surface area contributed by atoms with Gasteiger partial charge < -0.3 is 4.74 Å². The van der Waals surface area contributed by atoms with E-state index in [2.05, 4.69) is 26.8 Å². The molecule has 1 aromatic heterocycles. The van der Waals surface area contributed by atoms with Gasteiger partial charge in [0.2, 0.25) is 5.91 Å². The van der Waals surface area contributed by atoms with Crippen molar-refractivity contribution >= 4 is 39.1 Å². The van der Waals surface area contributed by atoms with Crippen molar-refractivity contribution in [1.82, 2.24) is 10.9 Å². The zero-order chi connectivity index (χ0) is 13.0. The molecule has 5 nitrogen and oxygen atoms in total. The van der Waals surface area contributed by atoms with E-state index in [0.29, 0.717) is 30.9 Å². The number of thiophene rings is 1. The number of nitrogens with one attached hydrogen (secondary N) is 2. The van der Waals surface area contributed by atoms with Crippen LogP contribution in [0.1, 0.15) is 22.5 Å². The minimum atomic E-state index is -0.300. The van der Waals surface area contributed by atoms with Gasteiger partial charge >= 0.3 is 0 Å². The van der Waals surface area contributed by atoms with E-state index in [1.54, 1.807) is 12.1 Å². The van der Waals surface area contributed by atoms with E-state index in [-0.39, 0.29) is 17.7 Å². The van der Waals surface area contributed by atoms with Crippen LogP contribution in [0.4, 0.5) is 0 Å². The Hall–Kier alpha value is -0.920. The second-order valence-corrected chi connectivity index (χ2v) is 6.40. The van der Waals surface area contributed by atoms with Crippen LogP contribution in [0.25, 0.3) is 0 Å². The predicted octanol–water partition coefficient (Wildman–Crippen LogP) is 1.70. The van der Waals surface area contributed by atoms with Crippen molar-refractivity contribution < 1.29 is 14.3 Å². The molecular formula is C11H13BrN2O3S. The Labute approximate surface area is 117 Å². The van der Waals surface area contributed by atoms with E-state index in [1.165, 1.54) is 11.3 Å². The molecule has 1 aromatic rings. The summed E-state index contributed by atoms with van der Waals surface area (Å²) in [6, 6.07) is 3.49. The summed E-state index contributed by atoms with van der Waals surface area (Å²) in [7, 11) is 0. The second-order valence-electron chi connectivity index (χ2n) is 3.93. The van der Waals surface area contributed by atoms with E-state index in [1.807, 2.05) is 0 Å². The highest BCUT2D eigenvalue weighted by atomic mass is 79.9. The Morgan fingerprint density at radius 3 is 2.61 bits per heavy atom. The van der Waals surface area contributed by atoms with E-state index < -0.39 is 0 Å². The average molecular weight is 333 g/mol. The molecule has 2 rings (SSSR count). The molecule has 0 spiro atoms. The molecule has 0 atom stereocenters. The van der Waals surface area contributed by atoms with Crippen LogP contribution in [0.2, 0.25) is 0 Å². The minimum absolute atomic E-state index is 0.0749. The Morgan fingerprint density at radius 2 is 2.00 bits per heavy atom. The van der Waals surface area contributed by atoms with Crippen molar-refractivity contribution in [2.45, 2.75) is 12.8 Å². The fourth-order valence-electron chi connectivity index (χ4n) is 1.68. The number of hydrazine groups is 1. The summed E-state index contributed by atoms with van der Waals surface area (Å²) in [5.74, 6) is -0.525. The number of carbonyl (C=O) groups excluding carboxylic acids is 2. The Kier molecular flexibility index (Phi) is 4.73. The van der Waals surface area contributed by atoms with Crippen molar-refractivity contribution in [3.63, 3.8) is 0 Å². The van der Waals surface area contributed by atoms with Crippen LogP contribution in [0.3, 0.4) is 0 Å². The topological polar surface area (TPSA) is 67.4 Å². The Balaban J connectivity index is 1.80. The van der Waals surface area contributed by atoms with Crippen molar-refractivity contribution in [1.29, 1.82) is 0 Å².